The van der Waals surface area contributed by atoms with Gasteiger partial charge in [0.05, 0.1) is 4.47 Å². The van der Waals surface area contributed by atoms with Crippen molar-refractivity contribution in [2.45, 2.75) is 13.0 Å². The van der Waals surface area contributed by atoms with Gasteiger partial charge in [-0.1, -0.05) is 18.2 Å². The number of nitrogens with zero attached hydrogens (tertiary/aromatic N) is 2. The number of halogens is 3. The first-order valence-corrected chi connectivity index (χ1v) is 9.39. The maximum Gasteiger partial charge on any atom is 0.253 e. The number of hydrogen-bond donors (Lipinski definition) is 2. The molecule has 8 heteroatoms. The van der Waals surface area contributed by atoms with E-state index in [1.165, 1.54) is 6.07 Å². The summed E-state index contributed by atoms with van der Waals surface area (Å²) < 4.78 is 13.7. The summed E-state index contributed by atoms with van der Waals surface area (Å²) in [6.07, 6.45) is 0.751. The van der Waals surface area contributed by atoms with Crippen molar-refractivity contribution < 1.29 is 9.18 Å². The molecule has 0 saturated carbocycles. The van der Waals surface area contributed by atoms with Crippen molar-refractivity contribution in [1.82, 2.24) is 15.5 Å². The third kappa shape index (κ3) is 7.38. The Labute approximate surface area is 191 Å². The van der Waals surface area contributed by atoms with Crippen LogP contribution in [0, 0.1) is 5.82 Å². The molecule has 5 nitrogen and oxygen atoms in total. The van der Waals surface area contributed by atoms with Gasteiger partial charge >= 0.3 is 0 Å². The van der Waals surface area contributed by atoms with E-state index in [0.717, 1.165) is 17.5 Å². The predicted molar refractivity (Wildman–Crippen MR) is 126 cm³/mol. The first-order chi connectivity index (χ1) is 12.9. The van der Waals surface area contributed by atoms with E-state index in [-0.39, 0.29) is 35.7 Å². The van der Waals surface area contributed by atoms with Crippen LogP contribution < -0.4 is 10.6 Å². The number of carbonyl (C=O) groups is 1. The summed E-state index contributed by atoms with van der Waals surface area (Å²) in [7, 11) is 5.18. The SMILES string of the molecule is CN=C(NCCc1ccc(F)c(Br)c1)NCc1ccc(C(=O)N(C)C)cc1.I. The van der Waals surface area contributed by atoms with Crippen LogP contribution in [0.1, 0.15) is 21.5 Å². The van der Waals surface area contributed by atoms with Gasteiger partial charge in [0.2, 0.25) is 0 Å². The average Bonchev–Trinajstić information content (AvgIpc) is 2.67. The summed E-state index contributed by atoms with van der Waals surface area (Å²) in [5, 5.41) is 6.47. The van der Waals surface area contributed by atoms with Gasteiger partial charge in [-0.2, -0.15) is 0 Å². The third-order valence-electron chi connectivity index (χ3n) is 3.98. The molecule has 0 aromatic heterocycles. The highest BCUT2D eigenvalue weighted by Crippen LogP contribution is 2.16. The summed E-state index contributed by atoms with van der Waals surface area (Å²) >= 11 is 3.20. The molecule has 2 aromatic carbocycles. The van der Waals surface area contributed by atoms with Crippen molar-refractivity contribution in [2.24, 2.45) is 4.99 Å². The molecule has 0 bridgehead atoms. The molecule has 0 aliphatic carbocycles. The molecule has 0 radical (unpaired) electrons. The van der Waals surface area contributed by atoms with Gasteiger partial charge in [-0.15, -0.1) is 24.0 Å². The molecule has 0 aliphatic rings. The standard InChI is InChI=1S/C20H24BrFN4O.HI/c1-23-20(24-11-10-14-6-9-18(22)17(21)12-14)25-13-15-4-7-16(8-5-15)19(27)26(2)3;/h4-9,12H,10-11,13H2,1-3H3,(H2,23,24,25);1H. The number of rotatable bonds is 6. The lowest BCUT2D eigenvalue weighted by atomic mass is 10.1. The molecule has 0 aliphatic heterocycles. The summed E-state index contributed by atoms with van der Waals surface area (Å²) in [5.41, 5.74) is 2.75. The van der Waals surface area contributed by atoms with E-state index in [1.54, 1.807) is 38.2 Å². The van der Waals surface area contributed by atoms with Crippen molar-refractivity contribution in [3.05, 3.63) is 69.4 Å². The molecule has 0 atom stereocenters. The minimum absolute atomic E-state index is 0. The van der Waals surface area contributed by atoms with Gasteiger partial charge in [0.15, 0.2) is 5.96 Å². The number of hydrogen-bond acceptors (Lipinski definition) is 2. The zero-order valence-corrected chi connectivity index (χ0v) is 20.0. The Morgan fingerprint density at radius 3 is 2.32 bits per heavy atom. The lowest BCUT2D eigenvalue weighted by molar-refractivity contribution is 0.0827. The zero-order valence-electron chi connectivity index (χ0n) is 16.1. The van der Waals surface area contributed by atoms with Crippen molar-refractivity contribution in [2.75, 3.05) is 27.7 Å². The van der Waals surface area contributed by atoms with Gasteiger partial charge < -0.3 is 15.5 Å². The number of aliphatic imine (C=N–C) groups is 1. The Balaban J connectivity index is 0.00000392. The van der Waals surface area contributed by atoms with Crippen molar-refractivity contribution >= 4 is 51.8 Å². The zero-order chi connectivity index (χ0) is 19.8. The van der Waals surface area contributed by atoms with Gasteiger partial charge in [-0.25, -0.2) is 4.39 Å². The van der Waals surface area contributed by atoms with Crippen LogP contribution in [0.4, 0.5) is 4.39 Å². The lowest BCUT2D eigenvalue weighted by Crippen LogP contribution is -2.37. The summed E-state index contributed by atoms with van der Waals surface area (Å²) in [6, 6.07) is 12.5. The van der Waals surface area contributed by atoms with Gasteiger partial charge in [0.25, 0.3) is 5.91 Å². The molecule has 2 aromatic rings. The Morgan fingerprint density at radius 1 is 1.11 bits per heavy atom. The van der Waals surface area contributed by atoms with E-state index in [1.807, 2.05) is 24.3 Å². The predicted octanol–water partition coefficient (Wildman–Crippen LogP) is 3.82. The average molecular weight is 563 g/mol. The fourth-order valence-electron chi connectivity index (χ4n) is 2.45. The normalized spacial score (nSPS) is 10.8. The minimum Gasteiger partial charge on any atom is -0.356 e. The molecule has 2 N–H and O–H groups in total. The summed E-state index contributed by atoms with van der Waals surface area (Å²) in [6.45, 7) is 1.27. The van der Waals surface area contributed by atoms with Crippen LogP contribution in [-0.2, 0) is 13.0 Å². The van der Waals surface area contributed by atoms with Gasteiger partial charge in [-0.05, 0) is 57.7 Å². The lowest BCUT2D eigenvalue weighted by Gasteiger charge is -2.13. The van der Waals surface area contributed by atoms with E-state index in [0.29, 0.717) is 29.1 Å². The molecular weight excluding hydrogens is 538 g/mol. The Morgan fingerprint density at radius 2 is 1.75 bits per heavy atom. The number of carbonyl (C=O) groups excluding carboxylic acids is 1. The highest BCUT2D eigenvalue weighted by molar-refractivity contribution is 14.0. The van der Waals surface area contributed by atoms with Crippen LogP contribution in [0.5, 0.6) is 0 Å². The summed E-state index contributed by atoms with van der Waals surface area (Å²) in [5.74, 6) is 0.409. The second-order valence-electron chi connectivity index (χ2n) is 6.25. The monoisotopic (exact) mass is 562 g/mol. The largest absolute Gasteiger partial charge is 0.356 e. The number of amides is 1. The van der Waals surface area contributed by atoms with Gasteiger partial charge in [0, 0.05) is 39.8 Å². The fourth-order valence-corrected chi connectivity index (χ4v) is 2.88. The second-order valence-corrected chi connectivity index (χ2v) is 7.10. The highest BCUT2D eigenvalue weighted by atomic mass is 127. The Hall–Kier alpha value is -1.68. The molecule has 0 heterocycles. The van der Waals surface area contributed by atoms with Crippen LogP contribution in [-0.4, -0.2) is 44.5 Å². The molecule has 0 saturated heterocycles. The maximum atomic E-state index is 13.3. The van der Waals surface area contributed by atoms with Crippen LogP contribution >= 0.6 is 39.9 Å². The molecule has 2 rings (SSSR count). The summed E-state index contributed by atoms with van der Waals surface area (Å²) in [4.78, 5) is 17.7. The molecule has 0 fully saturated rings. The van der Waals surface area contributed by atoms with Gasteiger partial charge in [0.1, 0.15) is 5.82 Å². The molecule has 0 unspecified atom stereocenters. The quantitative estimate of drug-likeness (QED) is 0.320. The third-order valence-corrected chi connectivity index (χ3v) is 4.59. The van der Waals surface area contributed by atoms with Crippen molar-refractivity contribution in [1.29, 1.82) is 0 Å². The van der Waals surface area contributed by atoms with E-state index in [4.69, 9.17) is 0 Å². The van der Waals surface area contributed by atoms with Crippen LogP contribution in [0.15, 0.2) is 51.9 Å². The van der Waals surface area contributed by atoms with E-state index in [2.05, 4.69) is 31.6 Å². The first kappa shape index (κ1) is 24.4. The van der Waals surface area contributed by atoms with Crippen molar-refractivity contribution in [3.8, 4) is 0 Å². The first-order valence-electron chi connectivity index (χ1n) is 8.59. The van der Waals surface area contributed by atoms with Crippen LogP contribution in [0.2, 0.25) is 0 Å². The molecule has 28 heavy (non-hydrogen) atoms. The van der Waals surface area contributed by atoms with Crippen LogP contribution in [0.25, 0.3) is 0 Å². The van der Waals surface area contributed by atoms with Gasteiger partial charge in [-0.3, -0.25) is 9.79 Å². The number of nitrogens with one attached hydrogen (secondary N) is 2. The Kier molecular flexibility index (Phi) is 10.4. The molecular formula is C20H25BrFIN4O. The number of guanidine groups is 1. The second kappa shape index (κ2) is 12.0. The minimum atomic E-state index is -0.262. The van der Waals surface area contributed by atoms with E-state index < -0.39 is 0 Å². The van der Waals surface area contributed by atoms with E-state index >= 15 is 0 Å². The molecule has 0 spiro atoms. The Bertz CT molecular complexity index is 812. The topological polar surface area (TPSA) is 56.7 Å². The highest BCUT2D eigenvalue weighted by Gasteiger charge is 2.07. The fraction of sp³-hybridized carbons (Fsp3) is 0.300. The smallest absolute Gasteiger partial charge is 0.253 e. The van der Waals surface area contributed by atoms with E-state index in [9.17, 15) is 9.18 Å². The van der Waals surface area contributed by atoms with Crippen LogP contribution in [0.3, 0.4) is 0 Å². The molecule has 152 valence electrons. The maximum absolute atomic E-state index is 13.3. The number of benzene rings is 2. The van der Waals surface area contributed by atoms with Crippen molar-refractivity contribution in [3.63, 3.8) is 0 Å². The molecule has 1 amide bonds.